The van der Waals surface area contributed by atoms with Crippen LogP contribution in [0.1, 0.15) is 46.5 Å². The van der Waals surface area contributed by atoms with E-state index in [1.54, 1.807) is 17.7 Å². The van der Waals surface area contributed by atoms with Crippen LogP contribution in [-0.2, 0) is 28.7 Å². The van der Waals surface area contributed by atoms with Crippen LogP contribution < -0.4 is 15.8 Å². The number of alkyl halides is 3. The van der Waals surface area contributed by atoms with Crippen molar-refractivity contribution in [2.24, 2.45) is 0 Å². The lowest BCUT2D eigenvalue weighted by molar-refractivity contribution is -0.137. The van der Waals surface area contributed by atoms with Gasteiger partial charge in [-0.3, -0.25) is 14.4 Å². The maximum atomic E-state index is 14.2. The molecule has 1 fully saturated rings. The second kappa shape index (κ2) is 13.6. The third kappa shape index (κ3) is 6.32. The van der Waals surface area contributed by atoms with Crippen LogP contribution in [0.4, 0.5) is 24.5 Å². The predicted molar refractivity (Wildman–Crippen MR) is 183 cm³/mol. The largest absolute Gasteiger partial charge is 0.504 e. The van der Waals surface area contributed by atoms with Gasteiger partial charge in [-0.25, -0.2) is 9.50 Å². The number of aryl methyl sites for hydroxylation is 1. The highest BCUT2D eigenvalue weighted by Gasteiger charge is 2.33. The minimum Gasteiger partial charge on any atom is -0.504 e. The first-order valence-corrected chi connectivity index (χ1v) is 16.8. The van der Waals surface area contributed by atoms with Gasteiger partial charge in [-0.15, -0.1) is 5.10 Å². The quantitative estimate of drug-likeness (QED) is 0.252. The Morgan fingerprint density at radius 2 is 1.92 bits per heavy atom. The molecule has 7 rings (SSSR count). The Balaban J connectivity index is 1.21. The molecule has 0 aliphatic carbocycles. The van der Waals surface area contributed by atoms with Crippen LogP contribution >= 0.6 is 11.6 Å². The normalized spacial score (nSPS) is 15.4. The van der Waals surface area contributed by atoms with E-state index in [0.717, 1.165) is 28.3 Å². The Morgan fingerprint density at radius 3 is 2.60 bits per heavy atom. The van der Waals surface area contributed by atoms with E-state index >= 15 is 0 Å². The Hall–Kier alpha value is -5.49. The number of aromatic nitrogens is 7. The first-order valence-electron chi connectivity index (χ1n) is 16.4. The molecule has 19 heteroatoms. The average Bonchev–Trinajstić information content (AvgIpc) is 3.75. The smallest absolute Gasteiger partial charge is 0.416 e. The number of carbonyl (C=O) groups is 2. The predicted octanol–water partition coefficient (Wildman–Crippen LogP) is 3.59. The van der Waals surface area contributed by atoms with Gasteiger partial charge in [0.1, 0.15) is 24.1 Å². The molecule has 0 radical (unpaired) electrons. The zero-order valence-corrected chi connectivity index (χ0v) is 28.7. The fraction of sp³-hybridized carbons (Fsp3) is 0.364. The lowest BCUT2D eigenvalue weighted by Crippen LogP contribution is -2.51. The van der Waals surface area contributed by atoms with Crippen LogP contribution in [0.2, 0.25) is 5.02 Å². The zero-order valence-electron chi connectivity index (χ0n) is 27.9. The third-order valence-corrected chi connectivity index (χ3v) is 9.40. The molecular formula is C33H32ClF3N10O5. The standard InChI is InChI=1S/C33H32ClF3N10O5/c1-3-23-27(43-8-10-44(11-9-43)30(50)25-28(49)26-18(2)15-39-46(26)17-38-25)31(51)47-32(41-29(42-47)19-6-12-52-13-7-19)45(23)16-24(48)40-22-5-4-20(14-21(22)34)33(35,36)37/h4-6,14-15,17,49H,3,7-13,16H2,1-2H3,(H,40,48). The van der Waals surface area contributed by atoms with Crippen LogP contribution in [0, 0.1) is 6.92 Å². The summed E-state index contributed by atoms with van der Waals surface area (Å²) in [5.41, 5.74) is 0.996. The van der Waals surface area contributed by atoms with E-state index in [1.165, 1.54) is 15.7 Å². The third-order valence-electron chi connectivity index (χ3n) is 9.09. The van der Waals surface area contributed by atoms with E-state index in [0.29, 0.717) is 42.2 Å². The van der Waals surface area contributed by atoms with Crippen LogP contribution in [0.5, 0.6) is 5.75 Å². The van der Waals surface area contributed by atoms with E-state index < -0.39 is 29.1 Å². The fourth-order valence-corrected chi connectivity index (χ4v) is 6.71. The topological polar surface area (TPSA) is 164 Å². The summed E-state index contributed by atoms with van der Waals surface area (Å²) < 4.78 is 49.1. The number of carbonyl (C=O) groups excluding carboxylic acids is 2. The minimum absolute atomic E-state index is 0.0200. The molecule has 4 aromatic heterocycles. The summed E-state index contributed by atoms with van der Waals surface area (Å²) in [5.74, 6) is -0.983. The fourth-order valence-electron chi connectivity index (χ4n) is 6.48. The first kappa shape index (κ1) is 34.9. The van der Waals surface area contributed by atoms with Crippen molar-refractivity contribution in [3.63, 3.8) is 0 Å². The Kier molecular flexibility index (Phi) is 9.12. The number of hydrogen-bond acceptors (Lipinski definition) is 10. The molecule has 15 nitrogen and oxygen atoms in total. The van der Waals surface area contributed by atoms with Crippen LogP contribution in [0.25, 0.3) is 16.9 Å². The number of amides is 2. The molecule has 272 valence electrons. The van der Waals surface area contributed by atoms with Gasteiger partial charge in [0, 0.05) is 26.2 Å². The molecule has 1 aromatic carbocycles. The van der Waals surface area contributed by atoms with Crippen molar-refractivity contribution in [3.05, 3.63) is 80.5 Å². The molecule has 2 aliphatic rings. The van der Waals surface area contributed by atoms with Gasteiger partial charge in [-0.05, 0) is 49.1 Å². The van der Waals surface area contributed by atoms with Gasteiger partial charge < -0.3 is 29.5 Å². The molecule has 0 unspecified atom stereocenters. The second-order valence-electron chi connectivity index (χ2n) is 12.3. The summed E-state index contributed by atoms with van der Waals surface area (Å²) in [5, 5.41) is 21.8. The molecule has 0 spiro atoms. The van der Waals surface area contributed by atoms with Gasteiger partial charge in [0.25, 0.3) is 11.5 Å². The van der Waals surface area contributed by atoms with E-state index in [2.05, 4.69) is 25.5 Å². The van der Waals surface area contributed by atoms with Gasteiger partial charge in [0.2, 0.25) is 11.7 Å². The first-order chi connectivity index (χ1) is 24.8. The number of ether oxygens (including phenoxy) is 1. The summed E-state index contributed by atoms with van der Waals surface area (Å²) in [4.78, 5) is 53.4. The van der Waals surface area contributed by atoms with Crippen molar-refractivity contribution >= 4 is 51.7 Å². The molecule has 6 heterocycles. The minimum atomic E-state index is -4.61. The lowest BCUT2D eigenvalue weighted by Gasteiger charge is -2.36. The molecule has 2 amide bonds. The molecule has 0 atom stereocenters. The van der Waals surface area contributed by atoms with Crippen molar-refractivity contribution in [1.29, 1.82) is 0 Å². The summed E-state index contributed by atoms with van der Waals surface area (Å²) in [6.07, 6.45) is 0.932. The molecular weight excluding hydrogens is 709 g/mol. The van der Waals surface area contributed by atoms with Crippen LogP contribution in [0.15, 0.2) is 41.6 Å². The highest BCUT2D eigenvalue weighted by Crippen LogP contribution is 2.34. The lowest BCUT2D eigenvalue weighted by atomic mass is 10.1. The summed E-state index contributed by atoms with van der Waals surface area (Å²) in [6, 6.07) is 2.63. The number of nitrogens with one attached hydrogen (secondary N) is 1. The van der Waals surface area contributed by atoms with Crippen molar-refractivity contribution < 1.29 is 32.6 Å². The van der Waals surface area contributed by atoms with Crippen molar-refractivity contribution in [2.45, 2.75) is 39.4 Å². The van der Waals surface area contributed by atoms with E-state index in [4.69, 9.17) is 16.3 Å². The van der Waals surface area contributed by atoms with Crippen molar-refractivity contribution in [1.82, 2.24) is 38.7 Å². The second-order valence-corrected chi connectivity index (χ2v) is 12.7. The van der Waals surface area contributed by atoms with E-state index in [1.807, 2.05) is 17.9 Å². The molecule has 0 bridgehead atoms. The highest BCUT2D eigenvalue weighted by molar-refractivity contribution is 6.33. The van der Waals surface area contributed by atoms with Gasteiger partial charge in [0.15, 0.2) is 17.3 Å². The maximum Gasteiger partial charge on any atom is 0.416 e. The summed E-state index contributed by atoms with van der Waals surface area (Å²) >= 11 is 6.12. The van der Waals surface area contributed by atoms with Gasteiger partial charge >= 0.3 is 6.18 Å². The summed E-state index contributed by atoms with van der Waals surface area (Å²) in [6.45, 7) is 4.82. The number of aromatic hydroxyl groups is 1. The number of fused-ring (bicyclic) bond motifs is 2. The van der Waals surface area contributed by atoms with Gasteiger partial charge in [0.05, 0.1) is 41.4 Å². The number of hydrogen-bond donors (Lipinski definition) is 2. The number of anilines is 2. The maximum absolute atomic E-state index is 14.2. The van der Waals surface area contributed by atoms with Crippen LogP contribution in [-0.4, -0.2) is 95.0 Å². The molecule has 0 saturated carbocycles. The highest BCUT2D eigenvalue weighted by atomic mass is 35.5. The van der Waals surface area contributed by atoms with E-state index in [-0.39, 0.29) is 72.8 Å². The van der Waals surface area contributed by atoms with Gasteiger partial charge in [-0.1, -0.05) is 24.6 Å². The van der Waals surface area contributed by atoms with Crippen molar-refractivity contribution in [3.8, 4) is 5.75 Å². The monoisotopic (exact) mass is 740 g/mol. The Labute approximate surface area is 297 Å². The zero-order chi connectivity index (χ0) is 36.9. The van der Waals surface area contributed by atoms with Crippen molar-refractivity contribution in [2.75, 3.05) is 49.6 Å². The summed E-state index contributed by atoms with van der Waals surface area (Å²) in [7, 11) is 0. The number of piperazine rings is 1. The van der Waals surface area contributed by atoms with Crippen LogP contribution in [0.3, 0.4) is 0 Å². The SMILES string of the molecule is CCc1c(N2CCN(C(=O)c3ncn4ncc(C)c4c3O)CC2)c(=O)n2nc(C3=CCOCC3)nc2n1CC(=O)Nc1ccc(C(F)(F)F)cc1Cl. The number of benzene rings is 1. The molecule has 2 N–H and O–H groups in total. The Bertz CT molecular complexity index is 2330. The molecule has 52 heavy (non-hydrogen) atoms. The number of rotatable bonds is 7. The molecule has 5 aromatic rings. The molecule has 1 saturated heterocycles. The number of halogens is 4. The van der Waals surface area contributed by atoms with E-state index in [9.17, 15) is 32.7 Å². The Morgan fingerprint density at radius 1 is 1.15 bits per heavy atom. The van der Waals surface area contributed by atoms with Gasteiger partial charge in [-0.2, -0.15) is 27.8 Å². The average molecular weight is 741 g/mol. The molecule has 2 aliphatic heterocycles. The number of nitrogens with zero attached hydrogens (tertiary/aromatic N) is 9.